The van der Waals surface area contributed by atoms with Crippen LogP contribution in [0.3, 0.4) is 0 Å². The van der Waals surface area contributed by atoms with E-state index >= 15 is 0 Å². The van der Waals surface area contributed by atoms with Crippen molar-refractivity contribution in [3.63, 3.8) is 0 Å². The molecule has 1 aromatic carbocycles. The number of hydrogen-bond donors (Lipinski definition) is 0. The molecule has 3 nitrogen and oxygen atoms in total. The van der Waals surface area contributed by atoms with Crippen LogP contribution in [0.4, 0.5) is 8.78 Å². The lowest BCUT2D eigenvalue weighted by Crippen LogP contribution is -2.19. The second-order valence-corrected chi connectivity index (χ2v) is 5.68. The highest BCUT2D eigenvalue weighted by molar-refractivity contribution is 7.17. The van der Waals surface area contributed by atoms with Crippen LogP contribution in [-0.4, -0.2) is 18.7 Å². The van der Waals surface area contributed by atoms with E-state index in [-0.39, 0.29) is 29.0 Å². The zero-order chi connectivity index (χ0) is 15.5. The molecule has 0 bridgehead atoms. The predicted octanol–water partition coefficient (Wildman–Crippen LogP) is 3.90. The largest absolute Gasteiger partial charge is 0.482 e. The van der Waals surface area contributed by atoms with E-state index in [9.17, 15) is 13.6 Å². The predicted molar refractivity (Wildman–Crippen MR) is 76.5 cm³/mol. The Hall–Kier alpha value is -0.930. The molecule has 0 aliphatic carbocycles. The summed E-state index contributed by atoms with van der Waals surface area (Å²) in [5.41, 5.74) is -2.96. The quantitative estimate of drug-likeness (QED) is 0.608. The van der Waals surface area contributed by atoms with Crippen molar-refractivity contribution in [2.75, 3.05) is 6.61 Å². The Bertz CT molecular complexity index is 501. The second-order valence-electron chi connectivity index (χ2n) is 4.55. The summed E-state index contributed by atoms with van der Waals surface area (Å²) in [5.74, 6) is -0.260. The van der Waals surface area contributed by atoms with Gasteiger partial charge in [-0.3, -0.25) is 0 Å². The molecule has 0 radical (unpaired) electrons. The van der Waals surface area contributed by atoms with Crippen molar-refractivity contribution in [1.29, 1.82) is 0 Å². The fraction of sp³-hybridized carbons (Fsp3) is 0.462. The number of benzene rings is 1. The first-order valence-electron chi connectivity index (χ1n) is 5.91. The van der Waals surface area contributed by atoms with Gasteiger partial charge in [-0.05, 0) is 38.5 Å². The summed E-state index contributed by atoms with van der Waals surface area (Å²) in [4.78, 5) is 11.3. The van der Waals surface area contributed by atoms with E-state index in [1.165, 1.54) is 21.4 Å². The molecule has 0 saturated heterocycles. The maximum Gasteiger partial charge on any atom is 0.344 e. The molecular formula is C13H16ClF2O3P. The molecule has 0 fully saturated rings. The summed E-state index contributed by atoms with van der Waals surface area (Å²) >= 11 is 5.80. The summed E-state index contributed by atoms with van der Waals surface area (Å²) in [7, 11) is 1.43. The Balaban J connectivity index is 2.83. The van der Waals surface area contributed by atoms with Crippen LogP contribution in [0, 0.1) is 6.92 Å². The molecular weight excluding hydrogens is 309 g/mol. The molecule has 0 aliphatic rings. The first-order valence-corrected chi connectivity index (χ1v) is 6.86. The molecule has 0 saturated carbocycles. The summed E-state index contributed by atoms with van der Waals surface area (Å²) in [5, 5.41) is -0.122. The van der Waals surface area contributed by atoms with Crippen molar-refractivity contribution in [3.05, 3.63) is 28.3 Å². The van der Waals surface area contributed by atoms with Gasteiger partial charge in [0.1, 0.15) is 5.75 Å². The Kier molecular flexibility index (Phi) is 5.72. The summed E-state index contributed by atoms with van der Waals surface area (Å²) in [6.07, 6.45) is -0.242. The molecule has 0 spiro atoms. The van der Waals surface area contributed by atoms with Gasteiger partial charge >= 0.3 is 5.97 Å². The Morgan fingerprint density at radius 3 is 2.55 bits per heavy atom. The van der Waals surface area contributed by atoms with Crippen molar-refractivity contribution in [3.8, 4) is 5.75 Å². The van der Waals surface area contributed by atoms with Crippen molar-refractivity contribution in [2.45, 2.75) is 32.5 Å². The highest BCUT2D eigenvalue weighted by Gasteiger charge is 2.28. The van der Waals surface area contributed by atoms with Gasteiger partial charge in [-0.25, -0.2) is 4.79 Å². The lowest BCUT2D eigenvalue weighted by Gasteiger charge is -2.16. The van der Waals surface area contributed by atoms with Crippen LogP contribution >= 0.6 is 20.8 Å². The number of alkyl halides is 2. The average molecular weight is 325 g/mol. The van der Waals surface area contributed by atoms with Gasteiger partial charge in [0.25, 0.3) is 5.66 Å². The molecule has 0 heterocycles. The number of aryl methyl sites for hydroxylation is 1. The highest BCUT2D eigenvalue weighted by atomic mass is 35.5. The van der Waals surface area contributed by atoms with Crippen LogP contribution in [0.5, 0.6) is 5.75 Å². The SMILES string of the molecule is Cc1cc(C(F)(F)P)c(Cl)cc1OCC(=O)OC(C)C. The first kappa shape index (κ1) is 17.1. The summed E-state index contributed by atoms with van der Waals surface area (Å²) in [6.45, 7) is 4.73. The third kappa shape index (κ3) is 4.88. The van der Waals surface area contributed by atoms with Gasteiger partial charge in [-0.1, -0.05) is 20.8 Å². The monoisotopic (exact) mass is 324 g/mol. The summed E-state index contributed by atoms with van der Waals surface area (Å²) < 4.78 is 36.6. The first-order chi connectivity index (χ1) is 9.11. The van der Waals surface area contributed by atoms with Crippen molar-refractivity contribution >= 4 is 26.8 Å². The minimum absolute atomic E-state index is 0.122. The van der Waals surface area contributed by atoms with Gasteiger partial charge < -0.3 is 9.47 Å². The molecule has 0 amide bonds. The minimum Gasteiger partial charge on any atom is -0.482 e. The van der Waals surface area contributed by atoms with Gasteiger partial charge in [0.05, 0.1) is 11.1 Å². The lowest BCUT2D eigenvalue weighted by atomic mass is 10.1. The van der Waals surface area contributed by atoms with Gasteiger partial charge in [-0.2, -0.15) is 8.78 Å². The van der Waals surface area contributed by atoms with E-state index in [4.69, 9.17) is 21.1 Å². The van der Waals surface area contributed by atoms with Crippen LogP contribution < -0.4 is 4.74 Å². The van der Waals surface area contributed by atoms with Crippen molar-refractivity contribution in [2.24, 2.45) is 0 Å². The standard InChI is InChI=1S/C13H16ClF2O3P/c1-7(2)19-12(17)6-18-11-5-10(14)9(4-8(11)3)13(15,16)20/h4-5,7H,6,20H2,1-3H3. The zero-order valence-electron chi connectivity index (χ0n) is 11.4. The van der Waals surface area contributed by atoms with Gasteiger partial charge in [0, 0.05) is 5.56 Å². The Morgan fingerprint density at radius 1 is 1.45 bits per heavy atom. The number of rotatable bonds is 5. The normalized spacial score (nSPS) is 11.6. The van der Waals surface area contributed by atoms with Crippen LogP contribution in [0.1, 0.15) is 25.0 Å². The Morgan fingerprint density at radius 2 is 2.05 bits per heavy atom. The zero-order valence-corrected chi connectivity index (χ0v) is 13.3. The number of carbonyl (C=O) groups excluding carboxylic acids is 1. The smallest absolute Gasteiger partial charge is 0.344 e. The maximum atomic E-state index is 13.2. The van der Waals surface area contributed by atoms with Crippen LogP contribution in [0.25, 0.3) is 0 Å². The molecule has 1 atom stereocenters. The second kappa shape index (κ2) is 6.68. The van der Waals surface area contributed by atoms with E-state index in [2.05, 4.69) is 0 Å². The lowest BCUT2D eigenvalue weighted by molar-refractivity contribution is -0.149. The molecule has 7 heteroatoms. The fourth-order valence-corrected chi connectivity index (χ4v) is 2.12. The number of ether oxygens (including phenoxy) is 2. The molecule has 1 unspecified atom stereocenters. The van der Waals surface area contributed by atoms with Crippen molar-refractivity contribution < 1.29 is 23.0 Å². The third-order valence-corrected chi connectivity index (χ3v) is 2.96. The van der Waals surface area contributed by atoms with E-state index in [1.54, 1.807) is 20.8 Å². The number of halogens is 3. The fourth-order valence-electron chi connectivity index (χ4n) is 1.51. The topological polar surface area (TPSA) is 35.5 Å². The maximum absolute atomic E-state index is 13.2. The van der Waals surface area contributed by atoms with E-state index in [0.29, 0.717) is 5.56 Å². The molecule has 0 N–H and O–H groups in total. The molecule has 20 heavy (non-hydrogen) atoms. The van der Waals surface area contributed by atoms with Gasteiger partial charge in [-0.15, -0.1) is 0 Å². The van der Waals surface area contributed by atoms with Gasteiger partial charge in [0.15, 0.2) is 6.61 Å². The van der Waals surface area contributed by atoms with Crippen LogP contribution in [0.15, 0.2) is 12.1 Å². The van der Waals surface area contributed by atoms with E-state index < -0.39 is 11.6 Å². The molecule has 0 aromatic heterocycles. The van der Waals surface area contributed by atoms with Gasteiger partial charge in [0.2, 0.25) is 0 Å². The summed E-state index contributed by atoms with van der Waals surface area (Å²) in [6, 6.07) is 2.51. The van der Waals surface area contributed by atoms with E-state index in [1.807, 2.05) is 0 Å². The molecule has 1 aromatic rings. The molecule has 1 rings (SSSR count). The van der Waals surface area contributed by atoms with Crippen LogP contribution in [0.2, 0.25) is 5.02 Å². The molecule has 112 valence electrons. The number of hydrogen-bond acceptors (Lipinski definition) is 3. The third-order valence-electron chi connectivity index (χ3n) is 2.34. The molecule has 0 aliphatic heterocycles. The van der Waals surface area contributed by atoms with E-state index in [0.717, 1.165) is 0 Å². The van der Waals surface area contributed by atoms with Crippen molar-refractivity contribution in [1.82, 2.24) is 0 Å². The highest BCUT2D eigenvalue weighted by Crippen LogP contribution is 2.41. The minimum atomic E-state index is -3.11. The number of esters is 1. The average Bonchev–Trinajstić information content (AvgIpc) is 2.27. The van der Waals surface area contributed by atoms with Crippen LogP contribution in [-0.2, 0) is 15.2 Å². The number of carbonyl (C=O) groups is 1. The Labute approximate surface area is 123 Å².